The number of halogens is 6. The van der Waals surface area contributed by atoms with E-state index in [9.17, 15) is 57.5 Å². The first-order chi connectivity index (χ1) is 27.0. The highest BCUT2D eigenvalue weighted by Gasteiger charge is 2.35. The first-order valence-corrected chi connectivity index (χ1v) is 21.2. The monoisotopic (exact) mass is 1060 g/mol. The third-order valence-electron chi connectivity index (χ3n) is 10.5. The second-order valence-corrected chi connectivity index (χ2v) is 22.6. The highest BCUT2D eigenvalue weighted by atomic mass is 35.5. The van der Waals surface area contributed by atoms with E-state index in [0.717, 1.165) is 0 Å². The van der Waals surface area contributed by atoms with Gasteiger partial charge in [0.15, 0.2) is 0 Å². The van der Waals surface area contributed by atoms with Gasteiger partial charge in [0, 0.05) is 77.0 Å². The van der Waals surface area contributed by atoms with Crippen LogP contribution in [-0.2, 0) is 57.5 Å². The zero-order valence-electron chi connectivity index (χ0n) is 41.1. The molecule has 0 aromatic rings. The van der Waals surface area contributed by atoms with Crippen molar-refractivity contribution < 1.29 is 57.5 Å². The van der Waals surface area contributed by atoms with Crippen LogP contribution in [0.5, 0.6) is 0 Å². The van der Waals surface area contributed by atoms with Crippen molar-refractivity contribution in [3.8, 4) is 0 Å². The van der Waals surface area contributed by atoms with Gasteiger partial charge in [-0.2, -0.15) is 0 Å². The van der Waals surface area contributed by atoms with Crippen molar-refractivity contribution in [3.63, 3.8) is 0 Å². The smallest absolute Gasteiger partial charge is 0.140 e. The summed E-state index contributed by atoms with van der Waals surface area (Å²) in [6.07, 6.45) is 7.84. The van der Waals surface area contributed by atoms with E-state index >= 15 is 0 Å². The Balaban J connectivity index is -0.000000161. The maximum absolute atomic E-state index is 10.9. The second-order valence-electron chi connectivity index (χ2n) is 22.6. The highest BCUT2D eigenvalue weighted by molar-refractivity contribution is 6.04. The van der Waals surface area contributed by atoms with Crippen molar-refractivity contribution >= 4 is 144 Å². The van der Waals surface area contributed by atoms with Gasteiger partial charge in [0.25, 0.3) is 0 Å². The van der Waals surface area contributed by atoms with Gasteiger partial charge in [-0.15, -0.1) is 74.4 Å². The number of Topliss-reactive ketones (excluding diaryl/α,β-unsaturated/α-hetero) is 12. The van der Waals surface area contributed by atoms with Crippen LogP contribution in [0.4, 0.5) is 0 Å². The van der Waals surface area contributed by atoms with E-state index in [1.54, 1.807) is 0 Å². The maximum atomic E-state index is 10.9. The molecule has 6 fully saturated rings. The number of hydrogen-bond donors (Lipinski definition) is 0. The standard InChI is InChI=1S/6C8H12O2.6ClH/c6*1-8(2)4-6(9)3-7(10)5-8;;;;;;/h6*3-5H2,1-2H3;6*1H. The van der Waals surface area contributed by atoms with Gasteiger partial charge in [0.2, 0.25) is 0 Å². The summed E-state index contributed by atoms with van der Waals surface area (Å²) in [6.45, 7) is 23.5. The van der Waals surface area contributed by atoms with Crippen LogP contribution >= 0.6 is 74.4 Å². The number of hydrogen-bond acceptors (Lipinski definition) is 12. The molecule has 0 aromatic carbocycles. The van der Waals surface area contributed by atoms with Gasteiger partial charge in [0.1, 0.15) is 69.4 Å². The van der Waals surface area contributed by atoms with Crippen LogP contribution in [-0.4, -0.2) is 69.4 Å². The summed E-state index contributed by atoms with van der Waals surface area (Å²) in [7, 11) is 0. The molecule has 6 saturated carbocycles. The number of carbonyl (C=O) groups is 12. The quantitative estimate of drug-likeness (QED) is 0.208. The molecule has 0 heterocycles. The average Bonchev–Trinajstić information content (AvgIpc) is 2.91. The Morgan fingerprint density at radius 3 is 0.288 bits per heavy atom. The van der Waals surface area contributed by atoms with Crippen molar-refractivity contribution in [2.45, 2.75) is 199 Å². The molecule has 0 bridgehead atoms. The molecule has 6 rings (SSSR count). The van der Waals surface area contributed by atoms with Gasteiger partial charge >= 0.3 is 0 Å². The van der Waals surface area contributed by atoms with Crippen LogP contribution in [0.2, 0.25) is 0 Å². The molecule has 6 aliphatic rings. The Kier molecular flexibility index (Phi) is 35.5. The predicted molar refractivity (Wildman–Crippen MR) is 269 cm³/mol. The largest absolute Gasteiger partial charge is 0.299 e. The van der Waals surface area contributed by atoms with Gasteiger partial charge in [-0.25, -0.2) is 0 Å². The number of carbonyl (C=O) groups excluding carboxylic acids is 12. The summed E-state index contributed by atoms with van der Waals surface area (Å²) in [5, 5.41) is 0. The van der Waals surface area contributed by atoms with E-state index < -0.39 is 0 Å². The van der Waals surface area contributed by atoms with Crippen molar-refractivity contribution in [2.75, 3.05) is 0 Å². The van der Waals surface area contributed by atoms with Crippen LogP contribution in [0, 0.1) is 32.5 Å². The fourth-order valence-corrected chi connectivity index (χ4v) is 8.85. The Bertz CT molecular complexity index is 1320. The van der Waals surface area contributed by atoms with Crippen LogP contribution in [0.1, 0.15) is 199 Å². The molecule has 0 atom stereocenters. The lowest BCUT2D eigenvalue weighted by Crippen LogP contribution is -2.28. The zero-order valence-corrected chi connectivity index (χ0v) is 46.0. The van der Waals surface area contributed by atoms with Crippen molar-refractivity contribution in [2.24, 2.45) is 32.5 Å². The SMILES string of the molecule is CC1(C)CC(=O)CC(=O)C1.CC1(C)CC(=O)CC(=O)C1.CC1(C)CC(=O)CC(=O)C1.CC1(C)CC(=O)CC(=O)C1.CC1(C)CC(=O)CC(=O)C1.CC1(C)CC(=O)CC(=O)C1.Cl.Cl.Cl.Cl.Cl.Cl. The van der Waals surface area contributed by atoms with Gasteiger partial charge in [-0.1, -0.05) is 83.1 Å². The Morgan fingerprint density at radius 1 is 0.182 bits per heavy atom. The van der Waals surface area contributed by atoms with Crippen LogP contribution in [0.25, 0.3) is 0 Å². The molecule has 6 aliphatic carbocycles. The fraction of sp³-hybridized carbons (Fsp3) is 0.750. The summed E-state index contributed by atoms with van der Waals surface area (Å²) in [5.41, 5.74) is -0.462. The van der Waals surface area contributed by atoms with Gasteiger partial charge in [0.05, 0.1) is 38.5 Å². The van der Waals surface area contributed by atoms with E-state index in [4.69, 9.17) is 0 Å². The summed E-state index contributed by atoms with van der Waals surface area (Å²) in [5.74, 6) is 1.18. The van der Waals surface area contributed by atoms with E-state index in [0.29, 0.717) is 77.0 Å². The summed E-state index contributed by atoms with van der Waals surface area (Å²) < 4.78 is 0. The first-order valence-electron chi connectivity index (χ1n) is 21.2. The third kappa shape index (κ3) is 34.1. The number of ketones is 12. The van der Waals surface area contributed by atoms with E-state index in [2.05, 4.69) is 0 Å². The molecule has 0 aromatic heterocycles. The van der Waals surface area contributed by atoms with Crippen molar-refractivity contribution in [1.82, 2.24) is 0 Å². The van der Waals surface area contributed by atoms with E-state index in [1.165, 1.54) is 0 Å². The van der Waals surface area contributed by atoms with Crippen molar-refractivity contribution in [1.29, 1.82) is 0 Å². The molecular formula is C48H78Cl6O12. The molecule has 66 heavy (non-hydrogen) atoms. The third-order valence-corrected chi connectivity index (χ3v) is 10.5. The predicted octanol–water partition coefficient (Wildman–Crippen LogP) is 10.5. The fourth-order valence-electron chi connectivity index (χ4n) is 8.85. The Labute approximate surface area is 430 Å². The first kappa shape index (κ1) is 75.3. The number of rotatable bonds is 0. The van der Waals surface area contributed by atoms with Gasteiger partial charge in [-0.05, 0) is 32.5 Å². The summed E-state index contributed by atoms with van der Waals surface area (Å²) >= 11 is 0. The topological polar surface area (TPSA) is 205 Å². The van der Waals surface area contributed by atoms with Crippen LogP contribution in [0.3, 0.4) is 0 Å². The molecular weight excluding hydrogens is 981 g/mol. The minimum Gasteiger partial charge on any atom is -0.299 e. The van der Waals surface area contributed by atoms with Crippen LogP contribution < -0.4 is 0 Å². The van der Waals surface area contributed by atoms with Gasteiger partial charge in [-0.3, -0.25) is 57.5 Å². The van der Waals surface area contributed by atoms with Gasteiger partial charge < -0.3 is 0 Å². The molecule has 18 heteroatoms. The Morgan fingerprint density at radius 2 is 0.242 bits per heavy atom. The van der Waals surface area contributed by atoms with Crippen molar-refractivity contribution in [3.05, 3.63) is 0 Å². The molecule has 0 N–H and O–H groups in total. The molecule has 0 unspecified atom stereocenters. The highest BCUT2D eigenvalue weighted by Crippen LogP contribution is 2.34. The lowest BCUT2D eigenvalue weighted by Gasteiger charge is -2.26. The zero-order chi connectivity index (χ0) is 46.7. The molecule has 12 nitrogen and oxygen atoms in total. The second kappa shape index (κ2) is 31.1. The Hall–Kier alpha value is -2.22. The van der Waals surface area contributed by atoms with E-state index in [-0.39, 0.29) is 215 Å². The summed E-state index contributed by atoms with van der Waals surface area (Å²) in [6, 6.07) is 0. The molecule has 0 saturated heterocycles. The molecule has 0 amide bonds. The minimum atomic E-state index is -0.0770. The minimum absolute atomic E-state index is 0. The van der Waals surface area contributed by atoms with Crippen LogP contribution in [0.15, 0.2) is 0 Å². The molecule has 384 valence electrons. The normalized spacial score (nSPS) is 22.7. The molecule has 0 radical (unpaired) electrons. The maximum Gasteiger partial charge on any atom is 0.140 e. The summed E-state index contributed by atoms with van der Waals surface area (Å²) in [4.78, 5) is 130. The molecule has 0 spiro atoms. The van der Waals surface area contributed by atoms with E-state index in [1.807, 2.05) is 83.1 Å². The molecule has 0 aliphatic heterocycles. The lowest BCUT2D eigenvalue weighted by atomic mass is 9.76. The lowest BCUT2D eigenvalue weighted by molar-refractivity contribution is -0.135. The average molecular weight is 1060 g/mol.